The Labute approximate surface area is 201 Å². The minimum Gasteiger partial charge on any atom is -0.497 e. The first kappa shape index (κ1) is 22.9. The number of rotatable bonds is 6. The van der Waals surface area contributed by atoms with Crippen LogP contribution in [-0.2, 0) is 23.1 Å². The number of nitrogens with one attached hydrogen (secondary N) is 1. The first-order valence-electron chi connectivity index (χ1n) is 11.7. The highest BCUT2D eigenvalue weighted by molar-refractivity contribution is 6.06. The summed E-state index contributed by atoms with van der Waals surface area (Å²) in [5, 5.41) is 3.55. The predicted molar refractivity (Wildman–Crippen MR) is 134 cm³/mol. The Hall–Kier alpha value is -3.85. The molecule has 0 saturated carbocycles. The average Bonchev–Trinajstić information content (AvgIpc) is 3.48. The second kappa shape index (κ2) is 9.07. The van der Waals surface area contributed by atoms with Gasteiger partial charge < -0.3 is 19.4 Å². The largest absolute Gasteiger partial charge is 0.497 e. The van der Waals surface area contributed by atoms with Gasteiger partial charge in [0.1, 0.15) is 17.8 Å². The molecule has 1 amide bonds. The Morgan fingerprint density at radius 1 is 1.14 bits per heavy atom. The van der Waals surface area contributed by atoms with Crippen LogP contribution in [0.1, 0.15) is 18.4 Å². The van der Waals surface area contributed by atoms with Gasteiger partial charge in [-0.25, -0.2) is 9.36 Å². The van der Waals surface area contributed by atoms with E-state index < -0.39 is 11.2 Å². The summed E-state index contributed by atoms with van der Waals surface area (Å²) in [5.74, 6) is 0.271. The Kier molecular flexibility index (Phi) is 5.94. The number of hydrogen-bond acceptors (Lipinski definition) is 5. The lowest BCUT2D eigenvalue weighted by atomic mass is 10.2. The van der Waals surface area contributed by atoms with Crippen molar-refractivity contribution in [2.45, 2.75) is 32.4 Å². The van der Waals surface area contributed by atoms with Gasteiger partial charge in [0.15, 0.2) is 0 Å². The highest BCUT2D eigenvalue weighted by atomic mass is 16.5. The van der Waals surface area contributed by atoms with E-state index in [9.17, 15) is 14.4 Å². The predicted octanol–water partition coefficient (Wildman–Crippen LogP) is 2.26. The summed E-state index contributed by atoms with van der Waals surface area (Å²) < 4.78 is 15.2. The molecule has 4 aromatic rings. The fraction of sp³-hybridized carbons (Fsp3) is 0.346. The minimum atomic E-state index is -0.575. The first-order chi connectivity index (χ1) is 16.9. The third kappa shape index (κ3) is 4.01. The molecule has 1 aliphatic heterocycles. The molecule has 0 unspecified atom stereocenters. The molecule has 5 rings (SSSR count). The molecule has 9 nitrogen and oxygen atoms in total. The van der Waals surface area contributed by atoms with Crippen molar-refractivity contribution < 1.29 is 14.3 Å². The minimum absolute atomic E-state index is 0.0148. The second-order valence-corrected chi connectivity index (χ2v) is 8.92. The van der Waals surface area contributed by atoms with Crippen LogP contribution in [0.15, 0.2) is 52.1 Å². The van der Waals surface area contributed by atoms with Gasteiger partial charge in [0.2, 0.25) is 5.91 Å². The maximum absolute atomic E-state index is 13.8. The Morgan fingerprint density at radius 2 is 1.91 bits per heavy atom. The molecule has 9 heteroatoms. The Balaban J connectivity index is 1.72. The van der Waals surface area contributed by atoms with Crippen LogP contribution in [0.2, 0.25) is 0 Å². The number of nitrogens with zero attached hydrogens (tertiary/aromatic N) is 3. The third-order valence-electron chi connectivity index (χ3n) is 6.62. The van der Waals surface area contributed by atoms with Crippen LogP contribution in [0.4, 0.5) is 0 Å². The van der Waals surface area contributed by atoms with Gasteiger partial charge in [-0.3, -0.25) is 14.2 Å². The number of aromatic nitrogens is 3. The maximum Gasteiger partial charge on any atom is 0.336 e. The summed E-state index contributed by atoms with van der Waals surface area (Å²) in [5.41, 5.74) is 1.94. The van der Waals surface area contributed by atoms with E-state index in [0.717, 1.165) is 28.5 Å². The zero-order valence-electron chi connectivity index (χ0n) is 20.0. The monoisotopic (exact) mass is 476 g/mol. The maximum atomic E-state index is 13.8. The summed E-state index contributed by atoms with van der Waals surface area (Å²) in [6, 6.07) is 12.6. The fourth-order valence-corrected chi connectivity index (χ4v) is 4.76. The molecule has 3 heterocycles. The smallest absolute Gasteiger partial charge is 0.336 e. The van der Waals surface area contributed by atoms with Crippen LogP contribution in [0.3, 0.4) is 0 Å². The molecular weight excluding hydrogens is 448 g/mol. The Bertz CT molecular complexity index is 1540. The molecule has 182 valence electrons. The zero-order valence-corrected chi connectivity index (χ0v) is 20.0. The van der Waals surface area contributed by atoms with E-state index in [1.54, 1.807) is 43.0 Å². The van der Waals surface area contributed by atoms with Crippen LogP contribution < -0.4 is 21.3 Å². The molecule has 1 saturated heterocycles. The second-order valence-electron chi connectivity index (χ2n) is 8.92. The van der Waals surface area contributed by atoms with E-state index in [0.29, 0.717) is 41.0 Å². The number of amides is 1. The molecule has 1 N–H and O–H groups in total. The van der Waals surface area contributed by atoms with E-state index in [4.69, 9.17) is 9.47 Å². The van der Waals surface area contributed by atoms with Crippen LogP contribution >= 0.6 is 0 Å². The summed E-state index contributed by atoms with van der Waals surface area (Å²) in [4.78, 5) is 40.4. The SMILES string of the molecule is COc1ccc2c(c1)c1c(c(=O)n(-c3ccc(C)cc3)c(=O)n1CC(=O)NC[C@H]1CCCO1)n2C. The van der Waals surface area contributed by atoms with Gasteiger partial charge in [-0.2, -0.15) is 0 Å². The summed E-state index contributed by atoms with van der Waals surface area (Å²) in [7, 11) is 3.34. The quantitative estimate of drug-likeness (QED) is 0.461. The lowest BCUT2D eigenvalue weighted by Crippen LogP contribution is -2.43. The van der Waals surface area contributed by atoms with Gasteiger partial charge >= 0.3 is 5.69 Å². The van der Waals surface area contributed by atoms with E-state index >= 15 is 0 Å². The van der Waals surface area contributed by atoms with Gasteiger partial charge in [0.05, 0.1) is 29.9 Å². The topological polar surface area (TPSA) is 96.5 Å². The lowest BCUT2D eigenvalue weighted by molar-refractivity contribution is -0.122. The molecule has 0 radical (unpaired) electrons. The lowest BCUT2D eigenvalue weighted by Gasteiger charge is -2.15. The average molecular weight is 477 g/mol. The van der Waals surface area contributed by atoms with Crippen LogP contribution in [0.25, 0.3) is 27.6 Å². The number of carbonyl (C=O) groups excluding carboxylic acids is 1. The number of benzene rings is 2. The van der Waals surface area contributed by atoms with Crippen molar-refractivity contribution in [3.05, 3.63) is 68.9 Å². The molecular formula is C26H28N4O5. The van der Waals surface area contributed by atoms with Crippen molar-refractivity contribution in [2.24, 2.45) is 7.05 Å². The number of fused-ring (bicyclic) bond motifs is 3. The molecule has 35 heavy (non-hydrogen) atoms. The molecule has 1 atom stereocenters. The summed E-state index contributed by atoms with van der Waals surface area (Å²) in [6.45, 7) is 2.78. The van der Waals surface area contributed by atoms with Gasteiger partial charge in [0.25, 0.3) is 5.56 Å². The third-order valence-corrected chi connectivity index (χ3v) is 6.62. The molecule has 2 aromatic carbocycles. The summed E-state index contributed by atoms with van der Waals surface area (Å²) >= 11 is 0. The van der Waals surface area contributed by atoms with Gasteiger partial charge in [-0.15, -0.1) is 0 Å². The Morgan fingerprint density at radius 3 is 2.60 bits per heavy atom. The van der Waals surface area contributed by atoms with E-state index in [1.165, 1.54) is 4.57 Å². The molecule has 0 spiro atoms. The summed E-state index contributed by atoms with van der Waals surface area (Å²) in [6.07, 6.45) is 1.85. The zero-order chi connectivity index (χ0) is 24.7. The van der Waals surface area contributed by atoms with Gasteiger partial charge in [-0.05, 0) is 50.1 Å². The van der Waals surface area contributed by atoms with E-state index in [-0.39, 0.29) is 18.6 Å². The van der Waals surface area contributed by atoms with Crippen molar-refractivity contribution in [3.8, 4) is 11.4 Å². The van der Waals surface area contributed by atoms with Crippen molar-refractivity contribution >= 4 is 27.8 Å². The number of ether oxygens (including phenoxy) is 2. The normalized spacial score (nSPS) is 15.7. The molecule has 2 aromatic heterocycles. The van der Waals surface area contributed by atoms with E-state index in [1.807, 2.05) is 25.1 Å². The van der Waals surface area contributed by atoms with Crippen molar-refractivity contribution in [1.82, 2.24) is 19.0 Å². The molecule has 1 fully saturated rings. The number of aryl methyl sites for hydroxylation is 2. The number of methoxy groups -OCH3 is 1. The van der Waals surface area contributed by atoms with Crippen molar-refractivity contribution in [1.29, 1.82) is 0 Å². The first-order valence-corrected chi connectivity index (χ1v) is 11.7. The van der Waals surface area contributed by atoms with Gasteiger partial charge in [-0.1, -0.05) is 17.7 Å². The van der Waals surface area contributed by atoms with E-state index in [2.05, 4.69) is 5.32 Å². The van der Waals surface area contributed by atoms with Gasteiger partial charge in [0, 0.05) is 25.6 Å². The number of carbonyl (C=O) groups is 1. The van der Waals surface area contributed by atoms with Crippen molar-refractivity contribution in [3.63, 3.8) is 0 Å². The van der Waals surface area contributed by atoms with Crippen LogP contribution in [0, 0.1) is 6.92 Å². The standard InChI is InChI=1S/C26H28N4O5/c1-16-6-8-17(9-7-16)30-25(32)24-23(20-13-18(34-3)10-11-21(20)28(24)2)29(26(30)33)15-22(31)27-14-19-5-4-12-35-19/h6-11,13,19H,4-5,12,14-15H2,1-3H3,(H,27,31)/t19-/m1/s1. The molecule has 1 aliphatic rings. The van der Waals surface area contributed by atoms with Crippen LogP contribution in [-0.4, -0.2) is 46.0 Å². The highest BCUT2D eigenvalue weighted by Crippen LogP contribution is 2.29. The van der Waals surface area contributed by atoms with Crippen LogP contribution in [0.5, 0.6) is 5.75 Å². The molecule has 0 bridgehead atoms. The van der Waals surface area contributed by atoms with Crippen molar-refractivity contribution in [2.75, 3.05) is 20.3 Å². The fourth-order valence-electron chi connectivity index (χ4n) is 4.76. The number of hydrogen-bond donors (Lipinski definition) is 1. The highest BCUT2D eigenvalue weighted by Gasteiger charge is 2.23. The molecule has 0 aliphatic carbocycles.